The van der Waals surface area contributed by atoms with Gasteiger partial charge in [0.1, 0.15) is 10.8 Å². The summed E-state index contributed by atoms with van der Waals surface area (Å²) in [7, 11) is 1.61. The third kappa shape index (κ3) is 3.69. The van der Waals surface area contributed by atoms with E-state index in [-0.39, 0.29) is 0 Å². The molecule has 0 saturated heterocycles. The second-order valence-corrected chi connectivity index (χ2v) is 6.04. The smallest absolute Gasteiger partial charge is 0.137 e. The van der Waals surface area contributed by atoms with Gasteiger partial charge in [0.2, 0.25) is 0 Å². The van der Waals surface area contributed by atoms with Gasteiger partial charge in [0.25, 0.3) is 0 Å². The van der Waals surface area contributed by atoms with Crippen LogP contribution in [0.2, 0.25) is 5.02 Å². The molecule has 1 heterocycles. The van der Waals surface area contributed by atoms with Crippen LogP contribution in [0.5, 0.6) is 5.75 Å². The standard InChI is InChI=1S/C14H17ClN2OS/c1-9(2)16-7-11-8-17-14(19-11)10-4-5-13(18-3)12(15)6-10/h4-6,8-9,16H,7H2,1-3H3. The lowest BCUT2D eigenvalue weighted by Crippen LogP contribution is -2.21. The third-order valence-electron chi connectivity index (χ3n) is 2.64. The van der Waals surface area contributed by atoms with Crippen molar-refractivity contribution in [1.29, 1.82) is 0 Å². The zero-order valence-corrected chi connectivity index (χ0v) is 12.8. The summed E-state index contributed by atoms with van der Waals surface area (Å²) in [5.41, 5.74) is 1.02. The first kappa shape index (κ1) is 14.3. The first-order valence-electron chi connectivity index (χ1n) is 6.12. The maximum absolute atomic E-state index is 6.13. The van der Waals surface area contributed by atoms with Gasteiger partial charge < -0.3 is 10.1 Å². The van der Waals surface area contributed by atoms with Crippen LogP contribution >= 0.6 is 22.9 Å². The highest BCUT2D eigenvalue weighted by Gasteiger charge is 2.08. The summed E-state index contributed by atoms with van der Waals surface area (Å²) in [6.45, 7) is 5.11. The predicted molar refractivity (Wildman–Crippen MR) is 81.1 cm³/mol. The number of ether oxygens (including phenoxy) is 1. The molecule has 2 aromatic rings. The number of methoxy groups -OCH3 is 1. The van der Waals surface area contributed by atoms with E-state index in [1.165, 1.54) is 4.88 Å². The number of rotatable bonds is 5. The molecule has 0 amide bonds. The van der Waals surface area contributed by atoms with Crippen LogP contribution in [-0.2, 0) is 6.54 Å². The molecule has 0 fully saturated rings. The molecule has 1 aromatic heterocycles. The van der Waals surface area contributed by atoms with Gasteiger partial charge in [-0.3, -0.25) is 0 Å². The van der Waals surface area contributed by atoms with Gasteiger partial charge in [0.15, 0.2) is 0 Å². The van der Waals surface area contributed by atoms with Crippen LogP contribution in [0.15, 0.2) is 24.4 Å². The van der Waals surface area contributed by atoms with Gasteiger partial charge in [-0.2, -0.15) is 0 Å². The molecule has 19 heavy (non-hydrogen) atoms. The largest absolute Gasteiger partial charge is 0.495 e. The highest BCUT2D eigenvalue weighted by molar-refractivity contribution is 7.15. The molecule has 102 valence electrons. The Kier molecular flexibility index (Phi) is 4.80. The first-order chi connectivity index (χ1) is 9.10. The summed E-state index contributed by atoms with van der Waals surface area (Å²) < 4.78 is 5.15. The van der Waals surface area contributed by atoms with E-state index in [4.69, 9.17) is 16.3 Å². The van der Waals surface area contributed by atoms with Gasteiger partial charge in [-0.15, -0.1) is 11.3 Å². The molecule has 0 unspecified atom stereocenters. The molecule has 0 saturated carbocycles. The van der Waals surface area contributed by atoms with Gasteiger partial charge in [0.05, 0.1) is 12.1 Å². The van der Waals surface area contributed by atoms with Crippen molar-refractivity contribution in [3.05, 3.63) is 34.3 Å². The first-order valence-corrected chi connectivity index (χ1v) is 7.31. The summed E-state index contributed by atoms with van der Waals surface area (Å²) in [6.07, 6.45) is 1.91. The summed E-state index contributed by atoms with van der Waals surface area (Å²) in [5, 5.41) is 4.97. The lowest BCUT2D eigenvalue weighted by Gasteiger charge is -2.05. The van der Waals surface area contributed by atoms with E-state index in [9.17, 15) is 0 Å². The van der Waals surface area contributed by atoms with Crippen molar-refractivity contribution in [2.75, 3.05) is 7.11 Å². The number of hydrogen-bond donors (Lipinski definition) is 1. The molecule has 0 spiro atoms. The molecule has 5 heteroatoms. The van der Waals surface area contributed by atoms with Crippen molar-refractivity contribution < 1.29 is 4.74 Å². The predicted octanol–water partition coefficient (Wildman–Crippen LogP) is 3.97. The maximum Gasteiger partial charge on any atom is 0.137 e. The topological polar surface area (TPSA) is 34.1 Å². The molecule has 0 bridgehead atoms. The van der Waals surface area contributed by atoms with Gasteiger partial charge in [-0.1, -0.05) is 25.4 Å². The Hall–Kier alpha value is -1.10. The summed E-state index contributed by atoms with van der Waals surface area (Å²) in [4.78, 5) is 5.66. The van der Waals surface area contributed by atoms with Gasteiger partial charge in [0, 0.05) is 29.2 Å². The molecular formula is C14H17ClN2OS. The SMILES string of the molecule is COc1ccc(-c2ncc(CNC(C)C)s2)cc1Cl. The fraction of sp³-hybridized carbons (Fsp3) is 0.357. The molecular weight excluding hydrogens is 280 g/mol. The van der Waals surface area contributed by atoms with Gasteiger partial charge in [-0.05, 0) is 18.2 Å². The molecule has 0 atom stereocenters. The monoisotopic (exact) mass is 296 g/mol. The second kappa shape index (κ2) is 6.37. The number of nitrogens with zero attached hydrogens (tertiary/aromatic N) is 1. The number of aromatic nitrogens is 1. The zero-order chi connectivity index (χ0) is 13.8. The highest BCUT2D eigenvalue weighted by atomic mass is 35.5. The number of nitrogens with one attached hydrogen (secondary N) is 1. The minimum absolute atomic E-state index is 0.473. The second-order valence-electron chi connectivity index (χ2n) is 4.52. The Bertz CT molecular complexity index is 554. The van der Waals surface area contributed by atoms with Crippen molar-refractivity contribution >= 4 is 22.9 Å². The van der Waals surface area contributed by atoms with Crippen LogP contribution in [0.1, 0.15) is 18.7 Å². The summed E-state index contributed by atoms with van der Waals surface area (Å²) >= 11 is 7.81. The molecule has 0 aliphatic carbocycles. The fourth-order valence-electron chi connectivity index (χ4n) is 1.63. The average molecular weight is 297 g/mol. The van der Waals surface area contributed by atoms with Gasteiger partial charge in [-0.25, -0.2) is 4.98 Å². The Labute approximate surface area is 122 Å². The Balaban J connectivity index is 2.16. The van der Waals surface area contributed by atoms with Gasteiger partial charge >= 0.3 is 0 Å². The van der Waals surface area contributed by atoms with Crippen LogP contribution in [0.4, 0.5) is 0 Å². The zero-order valence-electron chi connectivity index (χ0n) is 11.2. The van der Waals surface area contributed by atoms with E-state index in [0.717, 1.165) is 17.1 Å². The van der Waals surface area contributed by atoms with Crippen LogP contribution in [0.25, 0.3) is 10.6 Å². The Morgan fingerprint density at radius 1 is 1.42 bits per heavy atom. The third-order valence-corrected chi connectivity index (χ3v) is 3.98. The Morgan fingerprint density at radius 2 is 2.21 bits per heavy atom. The van der Waals surface area contributed by atoms with Crippen molar-refractivity contribution in [2.45, 2.75) is 26.4 Å². The van der Waals surface area contributed by atoms with Crippen LogP contribution in [0, 0.1) is 0 Å². The molecule has 3 nitrogen and oxygen atoms in total. The number of hydrogen-bond acceptors (Lipinski definition) is 4. The lowest BCUT2D eigenvalue weighted by atomic mass is 10.2. The van der Waals surface area contributed by atoms with Crippen molar-refractivity contribution in [1.82, 2.24) is 10.3 Å². The summed E-state index contributed by atoms with van der Waals surface area (Å²) in [6, 6.07) is 6.20. The van der Waals surface area contributed by atoms with E-state index >= 15 is 0 Å². The Morgan fingerprint density at radius 3 is 2.84 bits per heavy atom. The van der Waals surface area contributed by atoms with Crippen molar-refractivity contribution in [3.63, 3.8) is 0 Å². The highest BCUT2D eigenvalue weighted by Crippen LogP contribution is 2.32. The molecule has 1 N–H and O–H groups in total. The van der Waals surface area contributed by atoms with Crippen molar-refractivity contribution in [3.8, 4) is 16.3 Å². The minimum Gasteiger partial charge on any atom is -0.495 e. The number of thiazole rings is 1. The molecule has 0 aliphatic heterocycles. The molecule has 0 radical (unpaired) electrons. The van der Waals surface area contributed by atoms with E-state index in [1.54, 1.807) is 18.4 Å². The lowest BCUT2D eigenvalue weighted by molar-refractivity contribution is 0.415. The fourth-order valence-corrected chi connectivity index (χ4v) is 2.74. The van der Waals surface area contributed by atoms with E-state index < -0.39 is 0 Å². The van der Waals surface area contributed by atoms with Crippen molar-refractivity contribution in [2.24, 2.45) is 0 Å². The normalized spacial score (nSPS) is 11.0. The average Bonchev–Trinajstić information content (AvgIpc) is 2.85. The van der Waals surface area contributed by atoms with Crippen LogP contribution in [-0.4, -0.2) is 18.1 Å². The number of benzene rings is 1. The van der Waals surface area contributed by atoms with E-state index in [1.807, 2.05) is 24.4 Å². The molecule has 2 rings (SSSR count). The molecule has 0 aliphatic rings. The van der Waals surface area contributed by atoms with Crippen LogP contribution in [0.3, 0.4) is 0 Å². The van der Waals surface area contributed by atoms with E-state index in [2.05, 4.69) is 24.1 Å². The number of halogens is 1. The maximum atomic E-state index is 6.13. The molecule has 1 aromatic carbocycles. The minimum atomic E-state index is 0.473. The van der Waals surface area contributed by atoms with E-state index in [0.29, 0.717) is 16.8 Å². The summed E-state index contributed by atoms with van der Waals surface area (Å²) in [5.74, 6) is 0.684. The quantitative estimate of drug-likeness (QED) is 0.906. The van der Waals surface area contributed by atoms with Crippen LogP contribution < -0.4 is 10.1 Å².